The Hall–Kier alpha value is -2.62. The highest BCUT2D eigenvalue weighted by atomic mass is 16.5. The standard InChI is InChI=1S/C17H28N6O4/c1-2-26-16(25)12(4-3-7-21-17(18)19)22-14(24)13-10-27-15(23-13)11-5-8-20-9-6-11/h10-12,20H,2-9H2,1H3,(H,22,24)(H4,18,19,21). The number of nitrogens with one attached hydrogen (secondary N) is 2. The van der Waals surface area contributed by atoms with Gasteiger partial charge < -0.3 is 31.3 Å². The largest absolute Gasteiger partial charge is 0.464 e. The van der Waals surface area contributed by atoms with E-state index in [1.807, 2.05) is 0 Å². The minimum absolute atomic E-state index is 0.0141. The highest BCUT2D eigenvalue weighted by Gasteiger charge is 2.26. The molecule has 1 unspecified atom stereocenters. The average molecular weight is 380 g/mol. The second kappa shape index (κ2) is 10.5. The molecule has 0 saturated carbocycles. The molecule has 0 radical (unpaired) electrons. The smallest absolute Gasteiger partial charge is 0.328 e. The minimum atomic E-state index is -0.800. The highest BCUT2D eigenvalue weighted by Crippen LogP contribution is 2.24. The SMILES string of the molecule is CCOC(=O)C(CCCN=C(N)N)NC(=O)c1coc(C2CCNCC2)n1. The Balaban J connectivity index is 1.96. The van der Waals surface area contributed by atoms with Crippen molar-refractivity contribution in [2.45, 2.75) is 44.6 Å². The summed E-state index contributed by atoms with van der Waals surface area (Å²) in [5.41, 5.74) is 10.7. The topological polar surface area (TPSA) is 158 Å². The molecular weight excluding hydrogens is 352 g/mol. The summed E-state index contributed by atoms with van der Waals surface area (Å²) in [5.74, 6) is -0.230. The van der Waals surface area contributed by atoms with Crippen LogP contribution in [0.25, 0.3) is 0 Å². The number of rotatable bonds is 9. The zero-order valence-corrected chi connectivity index (χ0v) is 15.6. The molecule has 1 aromatic rings. The lowest BCUT2D eigenvalue weighted by molar-refractivity contribution is -0.145. The van der Waals surface area contributed by atoms with Crippen molar-refractivity contribution < 1.29 is 18.7 Å². The summed E-state index contributed by atoms with van der Waals surface area (Å²) in [7, 11) is 0. The summed E-state index contributed by atoms with van der Waals surface area (Å²) >= 11 is 0. The number of esters is 1. The number of nitrogens with two attached hydrogens (primary N) is 2. The lowest BCUT2D eigenvalue weighted by Gasteiger charge is -2.19. The summed E-state index contributed by atoms with van der Waals surface area (Å²) in [6.07, 6.45) is 4.02. The molecule has 10 nitrogen and oxygen atoms in total. The first kappa shape index (κ1) is 20.7. The molecule has 1 aliphatic heterocycles. The number of nitrogens with zero attached hydrogens (tertiary/aromatic N) is 2. The first-order chi connectivity index (χ1) is 13.0. The van der Waals surface area contributed by atoms with E-state index in [0.717, 1.165) is 25.9 Å². The van der Waals surface area contributed by atoms with Crippen molar-refractivity contribution >= 4 is 17.8 Å². The third-order valence-electron chi connectivity index (χ3n) is 4.26. The van der Waals surface area contributed by atoms with E-state index in [1.54, 1.807) is 6.92 Å². The van der Waals surface area contributed by atoms with Gasteiger partial charge in [0, 0.05) is 12.5 Å². The monoisotopic (exact) mass is 380 g/mol. The number of oxazole rings is 1. The molecule has 1 atom stereocenters. The number of guanidine groups is 1. The Kier molecular flexibility index (Phi) is 8.05. The average Bonchev–Trinajstić information content (AvgIpc) is 3.15. The van der Waals surface area contributed by atoms with Crippen molar-refractivity contribution in [2.75, 3.05) is 26.2 Å². The van der Waals surface area contributed by atoms with Crippen LogP contribution in [-0.2, 0) is 9.53 Å². The van der Waals surface area contributed by atoms with Gasteiger partial charge in [-0.05, 0) is 45.7 Å². The molecule has 10 heteroatoms. The Morgan fingerprint density at radius 2 is 2.19 bits per heavy atom. The molecule has 6 N–H and O–H groups in total. The first-order valence-electron chi connectivity index (χ1n) is 9.20. The Morgan fingerprint density at radius 1 is 1.44 bits per heavy atom. The van der Waals surface area contributed by atoms with E-state index in [1.165, 1.54) is 6.26 Å². The first-order valence-corrected chi connectivity index (χ1v) is 9.20. The molecular formula is C17H28N6O4. The fraction of sp³-hybridized carbons (Fsp3) is 0.647. The van der Waals surface area contributed by atoms with Gasteiger partial charge in [-0.25, -0.2) is 9.78 Å². The molecule has 1 aromatic heterocycles. The summed E-state index contributed by atoms with van der Waals surface area (Å²) in [6, 6.07) is -0.800. The molecule has 0 bridgehead atoms. The number of carbonyl (C=O) groups excluding carboxylic acids is 2. The van der Waals surface area contributed by atoms with Crippen molar-refractivity contribution in [1.82, 2.24) is 15.6 Å². The van der Waals surface area contributed by atoms with E-state index >= 15 is 0 Å². The van der Waals surface area contributed by atoms with Crippen molar-refractivity contribution in [3.05, 3.63) is 17.8 Å². The third kappa shape index (κ3) is 6.55. The Morgan fingerprint density at radius 3 is 2.85 bits per heavy atom. The van der Waals surface area contributed by atoms with Gasteiger partial charge in [-0.2, -0.15) is 0 Å². The maximum absolute atomic E-state index is 12.5. The van der Waals surface area contributed by atoms with E-state index in [4.69, 9.17) is 20.6 Å². The van der Waals surface area contributed by atoms with Crippen LogP contribution in [-0.4, -0.2) is 55.1 Å². The number of ether oxygens (including phenoxy) is 1. The zero-order chi connectivity index (χ0) is 19.6. The molecule has 1 saturated heterocycles. The predicted molar refractivity (Wildman–Crippen MR) is 99.1 cm³/mol. The number of piperidine rings is 1. The molecule has 2 rings (SSSR count). The van der Waals surface area contributed by atoms with Gasteiger partial charge in [-0.1, -0.05) is 0 Å². The number of hydrogen-bond acceptors (Lipinski definition) is 7. The second-order valence-corrected chi connectivity index (χ2v) is 6.32. The molecule has 1 aliphatic rings. The van der Waals surface area contributed by atoms with Gasteiger partial charge >= 0.3 is 5.97 Å². The summed E-state index contributed by atoms with van der Waals surface area (Å²) in [5, 5.41) is 5.93. The van der Waals surface area contributed by atoms with E-state index in [0.29, 0.717) is 25.3 Å². The minimum Gasteiger partial charge on any atom is -0.464 e. The van der Waals surface area contributed by atoms with Gasteiger partial charge in [0.25, 0.3) is 5.91 Å². The number of carbonyl (C=O) groups is 2. The van der Waals surface area contributed by atoms with Gasteiger partial charge in [-0.15, -0.1) is 0 Å². The number of aromatic nitrogens is 1. The van der Waals surface area contributed by atoms with Crippen LogP contribution in [0, 0.1) is 0 Å². The second-order valence-electron chi connectivity index (χ2n) is 6.32. The predicted octanol–water partition coefficient (Wildman–Crippen LogP) is -0.143. The molecule has 0 aliphatic carbocycles. The van der Waals surface area contributed by atoms with Crippen LogP contribution in [0.5, 0.6) is 0 Å². The molecule has 2 heterocycles. The molecule has 0 aromatic carbocycles. The van der Waals surface area contributed by atoms with Gasteiger partial charge in [-0.3, -0.25) is 9.79 Å². The lowest BCUT2D eigenvalue weighted by Crippen LogP contribution is -2.42. The van der Waals surface area contributed by atoms with Crippen LogP contribution >= 0.6 is 0 Å². The van der Waals surface area contributed by atoms with Gasteiger partial charge in [0.1, 0.15) is 12.3 Å². The number of amides is 1. The third-order valence-corrected chi connectivity index (χ3v) is 4.26. The van der Waals surface area contributed by atoms with Crippen LogP contribution in [0.2, 0.25) is 0 Å². The van der Waals surface area contributed by atoms with Crippen LogP contribution in [0.4, 0.5) is 0 Å². The van der Waals surface area contributed by atoms with Crippen molar-refractivity contribution in [2.24, 2.45) is 16.5 Å². The van der Waals surface area contributed by atoms with Crippen molar-refractivity contribution in [3.63, 3.8) is 0 Å². The van der Waals surface area contributed by atoms with Crippen LogP contribution in [0.1, 0.15) is 54.9 Å². The fourth-order valence-corrected chi connectivity index (χ4v) is 2.88. The normalized spacial score (nSPS) is 15.7. The molecule has 1 amide bonds. The quantitative estimate of drug-likeness (QED) is 0.199. The Bertz CT molecular complexity index is 650. The summed E-state index contributed by atoms with van der Waals surface area (Å²) in [4.78, 5) is 32.8. The van der Waals surface area contributed by atoms with Gasteiger partial charge in [0.15, 0.2) is 17.5 Å². The maximum Gasteiger partial charge on any atom is 0.328 e. The van der Waals surface area contributed by atoms with Gasteiger partial charge in [0.2, 0.25) is 0 Å². The highest BCUT2D eigenvalue weighted by molar-refractivity contribution is 5.94. The zero-order valence-electron chi connectivity index (χ0n) is 15.6. The van der Waals surface area contributed by atoms with Crippen LogP contribution in [0.3, 0.4) is 0 Å². The van der Waals surface area contributed by atoms with E-state index < -0.39 is 17.9 Å². The van der Waals surface area contributed by atoms with Crippen molar-refractivity contribution in [1.29, 1.82) is 0 Å². The van der Waals surface area contributed by atoms with Gasteiger partial charge in [0.05, 0.1) is 6.61 Å². The molecule has 27 heavy (non-hydrogen) atoms. The van der Waals surface area contributed by atoms with Crippen molar-refractivity contribution in [3.8, 4) is 0 Å². The van der Waals surface area contributed by atoms with Crippen LogP contribution in [0.15, 0.2) is 15.7 Å². The summed E-state index contributed by atoms with van der Waals surface area (Å²) in [6.45, 7) is 4.09. The molecule has 1 fully saturated rings. The van der Waals surface area contributed by atoms with E-state index in [2.05, 4.69) is 20.6 Å². The lowest BCUT2D eigenvalue weighted by atomic mass is 9.98. The summed E-state index contributed by atoms with van der Waals surface area (Å²) < 4.78 is 10.5. The molecule has 0 spiro atoms. The van der Waals surface area contributed by atoms with E-state index in [-0.39, 0.29) is 24.2 Å². The Labute approximate surface area is 158 Å². The van der Waals surface area contributed by atoms with E-state index in [9.17, 15) is 9.59 Å². The maximum atomic E-state index is 12.5. The fourth-order valence-electron chi connectivity index (χ4n) is 2.88. The van der Waals surface area contributed by atoms with Crippen LogP contribution < -0.4 is 22.1 Å². The number of hydrogen-bond donors (Lipinski definition) is 4. The molecule has 150 valence electrons. The number of aliphatic imine (C=N–C) groups is 1.